The van der Waals surface area contributed by atoms with Gasteiger partial charge in [-0.05, 0) is 31.2 Å². The highest BCUT2D eigenvalue weighted by Gasteiger charge is 2.42. The van der Waals surface area contributed by atoms with Gasteiger partial charge >= 0.3 is 0 Å². The fourth-order valence-corrected chi connectivity index (χ4v) is 2.17. The predicted molar refractivity (Wildman–Crippen MR) is 49.7 cm³/mol. The Morgan fingerprint density at radius 1 is 1.42 bits per heavy atom. The summed E-state index contributed by atoms with van der Waals surface area (Å²) < 4.78 is 0. The van der Waals surface area contributed by atoms with Gasteiger partial charge < -0.3 is 0 Å². The predicted octanol–water partition coefficient (Wildman–Crippen LogP) is 2.07. The average Bonchev–Trinajstić information content (AvgIpc) is 2.29. The minimum absolute atomic E-state index is 0.224. The number of nitriles is 1. The van der Waals surface area contributed by atoms with Gasteiger partial charge in [-0.15, -0.1) is 0 Å². The molecule has 1 N–H and O–H groups in total. The van der Waals surface area contributed by atoms with Crippen LogP contribution in [0.5, 0.6) is 0 Å². The third-order valence-corrected chi connectivity index (χ3v) is 2.74. The van der Waals surface area contributed by atoms with E-state index in [-0.39, 0.29) is 5.54 Å². The van der Waals surface area contributed by atoms with E-state index in [9.17, 15) is 0 Å². The smallest absolute Gasteiger partial charge is 0.107 e. The highest BCUT2D eigenvalue weighted by atomic mass is 15.0. The van der Waals surface area contributed by atoms with Gasteiger partial charge in [-0.25, -0.2) is 0 Å². The van der Waals surface area contributed by atoms with Crippen molar-refractivity contribution in [1.29, 1.82) is 5.26 Å². The van der Waals surface area contributed by atoms with Crippen LogP contribution in [0.3, 0.4) is 0 Å². The van der Waals surface area contributed by atoms with Gasteiger partial charge in [-0.3, -0.25) is 5.32 Å². The Morgan fingerprint density at radius 2 is 2.08 bits per heavy atom. The van der Waals surface area contributed by atoms with Gasteiger partial charge in [0.25, 0.3) is 0 Å². The zero-order valence-corrected chi connectivity index (χ0v) is 8.28. The van der Waals surface area contributed by atoms with Crippen LogP contribution in [0.2, 0.25) is 0 Å². The number of rotatable bonds is 2. The maximum Gasteiger partial charge on any atom is 0.107 e. The van der Waals surface area contributed by atoms with Crippen LogP contribution in [0, 0.1) is 16.7 Å². The standard InChI is InChI=1S/C10H18N2/c1-4-12-10(8-11)6-5-9(2,3)7-10/h12H,4-7H2,1-3H3. The summed E-state index contributed by atoms with van der Waals surface area (Å²) in [5.74, 6) is 0. The SMILES string of the molecule is CCNC1(C#N)CCC(C)(C)C1. The van der Waals surface area contributed by atoms with Crippen LogP contribution in [0.4, 0.5) is 0 Å². The van der Waals surface area contributed by atoms with E-state index < -0.39 is 0 Å². The molecule has 0 radical (unpaired) electrons. The molecular weight excluding hydrogens is 148 g/mol. The number of nitrogens with zero attached hydrogens (tertiary/aromatic N) is 1. The lowest BCUT2D eigenvalue weighted by atomic mass is 9.88. The van der Waals surface area contributed by atoms with Crippen molar-refractivity contribution in [2.45, 2.75) is 45.6 Å². The van der Waals surface area contributed by atoms with Gasteiger partial charge in [0.15, 0.2) is 0 Å². The molecule has 0 aliphatic heterocycles. The number of nitrogens with one attached hydrogen (secondary N) is 1. The van der Waals surface area contributed by atoms with Gasteiger partial charge in [0.2, 0.25) is 0 Å². The van der Waals surface area contributed by atoms with E-state index in [4.69, 9.17) is 5.26 Å². The van der Waals surface area contributed by atoms with Crippen LogP contribution >= 0.6 is 0 Å². The van der Waals surface area contributed by atoms with Gasteiger partial charge in [0.1, 0.15) is 5.54 Å². The summed E-state index contributed by atoms with van der Waals surface area (Å²) in [5.41, 5.74) is 0.121. The van der Waals surface area contributed by atoms with E-state index in [1.807, 2.05) is 0 Å². The third kappa shape index (κ3) is 1.78. The summed E-state index contributed by atoms with van der Waals surface area (Å²) >= 11 is 0. The molecule has 1 aliphatic rings. The van der Waals surface area contributed by atoms with Crippen molar-refractivity contribution in [1.82, 2.24) is 5.32 Å². The Bertz CT molecular complexity index is 202. The highest BCUT2D eigenvalue weighted by Crippen LogP contribution is 2.42. The van der Waals surface area contributed by atoms with E-state index >= 15 is 0 Å². The fraction of sp³-hybridized carbons (Fsp3) is 0.900. The monoisotopic (exact) mass is 166 g/mol. The summed E-state index contributed by atoms with van der Waals surface area (Å²) in [4.78, 5) is 0. The third-order valence-electron chi connectivity index (χ3n) is 2.74. The average molecular weight is 166 g/mol. The summed E-state index contributed by atoms with van der Waals surface area (Å²) in [6.45, 7) is 7.43. The topological polar surface area (TPSA) is 35.8 Å². The summed E-state index contributed by atoms with van der Waals surface area (Å²) in [5, 5.41) is 12.4. The lowest BCUT2D eigenvalue weighted by molar-refractivity contribution is 0.338. The first-order valence-corrected chi connectivity index (χ1v) is 4.70. The Hall–Kier alpha value is -0.550. The van der Waals surface area contributed by atoms with Gasteiger partial charge in [0.05, 0.1) is 6.07 Å². The quantitative estimate of drug-likeness (QED) is 0.681. The molecule has 12 heavy (non-hydrogen) atoms. The van der Waals surface area contributed by atoms with Gasteiger partial charge in [-0.2, -0.15) is 5.26 Å². The normalized spacial score (nSPS) is 33.2. The van der Waals surface area contributed by atoms with E-state index in [0.717, 1.165) is 25.8 Å². The van der Waals surface area contributed by atoms with E-state index in [0.29, 0.717) is 5.41 Å². The molecule has 0 heterocycles. The highest BCUT2D eigenvalue weighted by molar-refractivity contribution is 5.13. The van der Waals surface area contributed by atoms with E-state index in [1.54, 1.807) is 0 Å². The molecule has 1 saturated carbocycles. The molecule has 0 saturated heterocycles. The van der Waals surface area contributed by atoms with E-state index in [1.165, 1.54) is 0 Å². The Labute approximate surface area is 75.0 Å². The van der Waals surface area contributed by atoms with Crippen LogP contribution < -0.4 is 5.32 Å². The lowest BCUT2D eigenvalue weighted by Gasteiger charge is -2.24. The molecule has 1 rings (SSSR count). The molecule has 2 heteroatoms. The molecule has 0 bridgehead atoms. The Balaban J connectivity index is 2.68. The van der Waals surface area contributed by atoms with Crippen molar-refractivity contribution in [3.05, 3.63) is 0 Å². The number of hydrogen-bond acceptors (Lipinski definition) is 2. The molecule has 0 spiro atoms. The minimum atomic E-state index is -0.224. The zero-order valence-electron chi connectivity index (χ0n) is 8.28. The summed E-state index contributed by atoms with van der Waals surface area (Å²) in [6.07, 6.45) is 3.16. The first-order valence-electron chi connectivity index (χ1n) is 4.70. The molecule has 1 aliphatic carbocycles. The van der Waals surface area contributed by atoms with Crippen molar-refractivity contribution in [3.8, 4) is 6.07 Å². The van der Waals surface area contributed by atoms with Crippen molar-refractivity contribution >= 4 is 0 Å². The van der Waals surface area contributed by atoms with Gasteiger partial charge in [-0.1, -0.05) is 20.8 Å². The summed E-state index contributed by atoms with van der Waals surface area (Å²) in [6, 6.07) is 2.42. The summed E-state index contributed by atoms with van der Waals surface area (Å²) in [7, 11) is 0. The minimum Gasteiger partial charge on any atom is -0.300 e. The van der Waals surface area contributed by atoms with Crippen LogP contribution in [0.1, 0.15) is 40.0 Å². The van der Waals surface area contributed by atoms with Crippen molar-refractivity contribution in [2.75, 3.05) is 6.54 Å². The van der Waals surface area contributed by atoms with Crippen LogP contribution in [0.25, 0.3) is 0 Å². The number of hydrogen-bond donors (Lipinski definition) is 1. The molecule has 1 fully saturated rings. The van der Waals surface area contributed by atoms with Crippen molar-refractivity contribution < 1.29 is 0 Å². The van der Waals surface area contributed by atoms with Crippen LogP contribution in [0.15, 0.2) is 0 Å². The lowest BCUT2D eigenvalue weighted by Crippen LogP contribution is -2.41. The second kappa shape index (κ2) is 3.06. The molecule has 1 atom stereocenters. The molecule has 0 aromatic carbocycles. The van der Waals surface area contributed by atoms with Crippen LogP contribution in [-0.2, 0) is 0 Å². The second-order valence-electron chi connectivity index (χ2n) is 4.57. The van der Waals surface area contributed by atoms with Gasteiger partial charge in [0, 0.05) is 0 Å². The zero-order chi connectivity index (χ0) is 9.24. The molecule has 0 aromatic heterocycles. The van der Waals surface area contributed by atoms with Crippen molar-refractivity contribution in [3.63, 3.8) is 0 Å². The largest absolute Gasteiger partial charge is 0.300 e. The molecular formula is C10H18N2. The van der Waals surface area contributed by atoms with Crippen molar-refractivity contribution in [2.24, 2.45) is 5.41 Å². The second-order valence-corrected chi connectivity index (χ2v) is 4.57. The molecule has 1 unspecified atom stereocenters. The van der Waals surface area contributed by atoms with E-state index in [2.05, 4.69) is 32.2 Å². The maximum absolute atomic E-state index is 9.07. The first-order chi connectivity index (χ1) is 5.54. The molecule has 2 nitrogen and oxygen atoms in total. The molecule has 0 amide bonds. The first kappa shape index (κ1) is 9.54. The molecule has 68 valence electrons. The maximum atomic E-state index is 9.07. The van der Waals surface area contributed by atoms with Crippen LogP contribution in [-0.4, -0.2) is 12.1 Å². The fourth-order valence-electron chi connectivity index (χ4n) is 2.17. The Morgan fingerprint density at radius 3 is 2.42 bits per heavy atom. The molecule has 0 aromatic rings. The Kier molecular flexibility index (Phi) is 2.44.